The van der Waals surface area contributed by atoms with Gasteiger partial charge in [0.25, 0.3) is 0 Å². The van der Waals surface area contributed by atoms with E-state index in [1.165, 1.54) is 0 Å². The molecule has 19 heavy (non-hydrogen) atoms. The summed E-state index contributed by atoms with van der Waals surface area (Å²) in [6, 6.07) is 6.69. The molecule has 3 rings (SSSR count). The minimum atomic E-state index is -0.950. The van der Waals surface area contributed by atoms with Gasteiger partial charge in [-0.05, 0) is 31.0 Å². The zero-order chi connectivity index (χ0) is 13.4. The Bertz CT molecular complexity index is 631. The Morgan fingerprint density at radius 2 is 2.26 bits per heavy atom. The minimum Gasteiger partial charge on any atom is -0.478 e. The van der Waals surface area contributed by atoms with E-state index in [-0.39, 0.29) is 5.56 Å². The number of rotatable bonds is 4. The molecule has 0 aliphatic heterocycles. The minimum absolute atomic E-state index is 0.240. The average Bonchev–Trinajstić information content (AvgIpc) is 3.17. The molecule has 0 atom stereocenters. The second-order valence-corrected chi connectivity index (χ2v) is 4.67. The molecule has 1 aliphatic rings. The SMILES string of the molecule is NCc1nnn(-c2cccc(C(=O)O)c2)c1C1CC1. The van der Waals surface area contributed by atoms with Gasteiger partial charge in [-0.3, -0.25) is 0 Å². The zero-order valence-electron chi connectivity index (χ0n) is 10.3. The highest BCUT2D eigenvalue weighted by Gasteiger charge is 2.31. The van der Waals surface area contributed by atoms with E-state index in [0.29, 0.717) is 18.2 Å². The number of carbonyl (C=O) groups is 1. The smallest absolute Gasteiger partial charge is 0.335 e. The fourth-order valence-corrected chi connectivity index (χ4v) is 2.19. The number of benzene rings is 1. The molecule has 1 fully saturated rings. The van der Waals surface area contributed by atoms with E-state index in [2.05, 4.69) is 10.3 Å². The molecule has 1 aromatic heterocycles. The normalized spacial score (nSPS) is 14.6. The molecule has 1 saturated carbocycles. The summed E-state index contributed by atoms with van der Waals surface area (Å²) in [7, 11) is 0. The third kappa shape index (κ3) is 2.10. The predicted octanol–water partition coefficient (Wildman–Crippen LogP) is 1.30. The molecule has 6 heteroatoms. The summed E-state index contributed by atoms with van der Waals surface area (Å²) < 4.78 is 1.71. The maximum absolute atomic E-state index is 11.0. The summed E-state index contributed by atoms with van der Waals surface area (Å²) in [6.45, 7) is 0.352. The summed E-state index contributed by atoms with van der Waals surface area (Å²) >= 11 is 0. The Hall–Kier alpha value is -2.21. The Morgan fingerprint density at radius 1 is 1.47 bits per heavy atom. The van der Waals surface area contributed by atoms with Gasteiger partial charge in [0.2, 0.25) is 0 Å². The molecule has 1 aromatic carbocycles. The lowest BCUT2D eigenvalue weighted by Gasteiger charge is -2.07. The van der Waals surface area contributed by atoms with Crippen molar-refractivity contribution in [3.05, 3.63) is 41.2 Å². The lowest BCUT2D eigenvalue weighted by atomic mass is 10.2. The van der Waals surface area contributed by atoms with E-state index >= 15 is 0 Å². The van der Waals surface area contributed by atoms with Crippen LogP contribution in [0.2, 0.25) is 0 Å². The molecule has 0 radical (unpaired) electrons. The van der Waals surface area contributed by atoms with Crippen LogP contribution in [-0.4, -0.2) is 26.1 Å². The molecule has 0 unspecified atom stereocenters. The highest BCUT2D eigenvalue weighted by atomic mass is 16.4. The molecule has 98 valence electrons. The highest BCUT2D eigenvalue weighted by molar-refractivity contribution is 5.88. The molecule has 0 saturated heterocycles. The van der Waals surface area contributed by atoms with Crippen LogP contribution in [0.5, 0.6) is 0 Å². The molecule has 6 nitrogen and oxygen atoms in total. The number of hydrogen-bond donors (Lipinski definition) is 2. The maximum Gasteiger partial charge on any atom is 0.335 e. The van der Waals surface area contributed by atoms with Crippen LogP contribution in [0.15, 0.2) is 24.3 Å². The Balaban J connectivity index is 2.09. The molecule has 1 heterocycles. The molecule has 0 bridgehead atoms. The molecule has 1 aliphatic carbocycles. The van der Waals surface area contributed by atoms with Crippen LogP contribution in [0, 0.1) is 0 Å². The third-order valence-electron chi connectivity index (χ3n) is 3.27. The van der Waals surface area contributed by atoms with Crippen LogP contribution in [-0.2, 0) is 6.54 Å². The van der Waals surface area contributed by atoms with Gasteiger partial charge in [0, 0.05) is 12.5 Å². The van der Waals surface area contributed by atoms with Crippen LogP contribution >= 0.6 is 0 Å². The van der Waals surface area contributed by atoms with E-state index in [1.54, 1.807) is 22.9 Å². The number of carboxylic acids is 1. The lowest BCUT2D eigenvalue weighted by Crippen LogP contribution is -2.06. The summed E-state index contributed by atoms with van der Waals surface area (Å²) in [5.41, 5.74) is 8.45. The summed E-state index contributed by atoms with van der Waals surface area (Å²) in [5.74, 6) is -0.504. The zero-order valence-corrected chi connectivity index (χ0v) is 10.3. The van der Waals surface area contributed by atoms with Crippen LogP contribution in [0.25, 0.3) is 5.69 Å². The summed E-state index contributed by atoms with van der Waals surface area (Å²) in [6.07, 6.45) is 2.22. The van der Waals surface area contributed by atoms with Gasteiger partial charge >= 0.3 is 5.97 Å². The van der Waals surface area contributed by atoms with Crippen LogP contribution in [0.3, 0.4) is 0 Å². The molecule has 3 N–H and O–H groups in total. The van der Waals surface area contributed by atoms with Crippen molar-refractivity contribution >= 4 is 5.97 Å². The molecule has 2 aromatic rings. The second-order valence-electron chi connectivity index (χ2n) is 4.67. The monoisotopic (exact) mass is 258 g/mol. The molecule has 0 amide bonds. The number of aromatic carboxylic acids is 1. The van der Waals surface area contributed by atoms with Gasteiger partial charge in [0.1, 0.15) is 5.69 Å². The lowest BCUT2D eigenvalue weighted by molar-refractivity contribution is 0.0697. The van der Waals surface area contributed by atoms with Crippen molar-refractivity contribution in [3.8, 4) is 5.69 Å². The summed E-state index contributed by atoms with van der Waals surface area (Å²) in [5, 5.41) is 17.2. The fourth-order valence-electron chi connectivity index (χ4n) is 2.19. The van der Waals surface area contributed by atoms with Gasteiger partial charge in [-0.1, -0.05) is 11.3 Å². The van der Waals surface area contributed by atoms with Crippen molar-refractivity contribution in [2.75, 3.05) is 0 Å². The van der Waals surface area contributed by atoms with Gasteiger partial charge < -0.3 is 10.8 Å². The highest BCUT2D eigenvalue weighted by Crippen LogP contribution is 2.41. The summed E-state index contributed by atoms with van der Waals surface area (Å²) in [4.78, 5) is 11.0. The van der Waals surface area contributed by atoms with Crippen molar-refractivity contribution in [3.63, 3.8) is 0 Å². The van der Waals surface area contributed by atoms with Crippen LogP contribution in [0.1, 0.15) is 40.5 Å². The number of hydrogen-bond acceptors (Lipinski definition) is 4. The Morgan fingerprint density at radius 3 is 2.89 bits per heavy atom. The maximum atomic E-state index is 11.0. The van der Waals surface area contributed by atoms with Gasteiger partial charge in [-0.2, -0.15) is 0 Å². The number of carboxylic acid groups (broad SMARTS) is 1. The number of aromatic nitrogens is 3. The van der Waals surface area contributed by atoms with Crippen molar-refractivity contribution < 1.29 is 9.90 Å². The van der Waals surface area contributed by atoms with E-state index < -0.39 is 5.97 Å². The first-order valence-corrected chi connectivity index (χ1v) is 6.19. The van der Waals surface area contributed by atoms with Crippen molar-refractivity contribution in [2.24, 2.45) is 5.73 Å². The number of nitrogens with zero attached hydrogens (tertiary/aromatic N) is 3. The molecular weight excluding hydrogens is 244 g/mol. The largest absolute Gasteiger partial charge is 0.478 e. The first-order chi connectivity index (χ1) is 9.20. The van der Waals surface area contributed by atoms with Crippen LogP contribution in [0.4, 0.5) is 0 Å². The standard InChI is InChI=1S/C13H14N4O2/c14-7-11-12(8-4-5-8)17(16-15-11)10-3-1-2-9(6-10)13(18)19/h1-3,6,8H,4-5,7,14H2,(H,18,19). The van der Waals surface area contributed by atoms with E-state index in [4.69, 9.17) is 10.8 Å². The number of nitrogens with two attached hydrogens (primary N) is 1. The van der Waals surface area contributed by atoms with Crippen LogP contribution < -0.4 is 5.73 Å². The molecule has 0 spiro atoms. The topological polar surface area (TPSA) is 94.0 Å². The van der Waals surface area contributed by atoms with Gasteiger partial charge in [0.05, 0.1) is 16.9 Å². The van der Waals surface area contributed by atoms with E-state index in [1.807, 2.05) is 6.07 Å². The van der Waals surface area contributed by atoms with Gasteiger partial charge in [-0.15, -0.1) is 5.10 Å². The van der Waals surface area contributed by atoms with Crippen molar-refractivity contribution in [1.29, 1.82) is 0 Å². The quantitative estimate of drug-likeness (QED) is 0.862. The van der Waals surface area contributed by atoms with Crippen molar-refractivity contribution in [2.45, 2.75) is 25.3 Å². The van der Waals surface area contributed by atoms with Crippen molar-refractivity contribution in [1.82, 2.24) is 15.0 Å². The van der Waals surface area contributed by atoms with E-state index in [9.17, 15) is 4.79 Å². The molecular formula is C13H14N4O2. The third-order valence-corrected chi connectivity index (χ3v) is 3.27. The predicted molar refractivity (Wildman–Crippen MR) is 68.2 cm³/mol. The second kappa shape index (κ2) is 4.47. The first kappa shape index (κ1) is 11.9. The van der Waals surface area contributed by atoms with Gasteiger partial charge in [-0.25, -0.2) is 9.48 Å². The van der Waals surface area contributed by atoms with Gasteiger partial charge in [0.15, 0.2) is 0 Å². The Kier molecular flexibility index (Phi) is 2.79. The average molecular weight is 258 g/mol. The Labute approximate surface area is 109 Å². The van der Waals surface area contributed by atoms with E-state index in [0.717, 1.165) is 24.2 Å². The fraction of sp³-hybridized carbons (Fsp3) is 0.308. The first-order valence-electron chi connectivity index (χ1n) is 6.19.